The average molecular weight is 334 g/mol. The van der Waals surface area contributed by atoms with Crippen molar-refractivity contribution in [3.63, 3.8) is 0 Å². The Morgan fingerprint density at radius 1 is 1.25 bits per heavy atom. The summed E-state index contributed by atoms with van der Waals surface area (Å²) >= 11 is 3.34. The number of halogens is 1. The van der Waals surface area contributed by atoms with Crippen LogP contribution in [-0.2, 0) is 0 Å². The largest absolute Gasteiger partial charge is 0.399 e. The van der Waals surface area contributed by atoms with Gasteiger partial charge in [-0.3, -0.25) is 4.79 Å². The molecule has 0 spiro atoms. The van der Waals surface area contributed by atoms with Crippen molar-refractivity contribution >= 4 is 33.2 Å². The molecule has 0 aromatic heterocycles. The fourth-order valence-electron chi connectivity index (χ4n) is 1.97. The third kappa shape index (κ3) is 3.30. The van der Waals surface area contributed by atoms with Crippen molar-refractivity contribution in [1.82, 2.24) is 0 Å². The van der Waals surface area contributed by atoms with Crippen LogP contribution >= 0.6 is 15.9 Å². The SMILES string of the molecule is CC(Nc1ccc(C(N)=O)c(Br)c1)c1cccc(N)c1. The lowest BCUT2D eigenvalue weighted by molar-refractivity contribution is 0.0999. The number of nitrogen functional groups attached to an aromatic ring is 1. The van der Waals surface area contributed by atoms with E-state index < -0.39 is 5.91 Å². The zero-order chi connectivity index (χ0) is 14.7. The highest BCUT2D eigenvalue weighted by molar-refractivity contribution is 9.10. The van der Waals surface area contributed by atoms with E-state index >= 15 is 0 Å². The lowest BCUT2D eigenvalue weighted by Gasteiger charge is -2.17. The van der Waals surface area contributed by atoms with Gasteiger partial charge in [0.1, 0.15) is 0 Å². The number of carbonyl (C=O) groups excluding carboxylic acids is 1. The number of amides is 1. The standard InChI is InChI=1S/C15H16BrN3O/c1-9(10-3-2-4-11(17)7-10)19-12-5-6-13(15(18)20)14(16)8-12/h2-9,19H,17H2,1H3,(H2,18,20). The topological polar surface area (TPSA) is 81.1 Å². The molecule has 20 heavy (non-hydrogen) atoms. The normalized spacial score (nSPS) is 11.9. The third-order valence-corrected chi connectivity index (χ3v) is 3.68. The van der Waals surface area contributed by atoms with E-state index in [2.05, 4.69) is 21.2 Å². The van der Waals surface area contributed by atoms with Crippen LogP contribution in [0.25, 0.3) is 0 Å². The van der Waals surface area contributed by atoms with Gasteiger partial charge in [-0.15, -0.1) is 0 Å². The highest BCUT2D eigenvalue weighted by Gasteiger charge is 2.09. The predicted molar refractivity (Wildman–Crippen MR) is 85.6 cm³/mol. The molecule has 0 aliphatic carbocycles. The molecular weight excluding hydrogens is 318 g/mol. The fraction of sp³-hybridized carbons (Fsp3) is 0.133. The van der Waals surface area contributed by atoms with Crippen LogP contribution in [0.4, 0.5) is 11.4 Å². The molecule has 4 nitrogen and oxygen atoms in total. The second-order valence-electron chi connectivity index (χ2n) is 4.60. The van der Waals surface area contributed by atoms with Gasteiger partial charge in [-0.05, 0) is 58.7 Å². The van der Waals surface area contributed by atoms with Gasteiger partial charge in [0.2, 0.25) is 5.91 Å². The molecule has 104 valence electrons. The maximum atomic E-state index is 11.2. The van der Waals surface area contributed by atoms with Gasteiger partial charge in [0.05, 0.1) is 5.56 Å². The predicted octanol–water partition coefficient (Wildman–Crippen LogP) is 3.30. The lowest BCUT2D eigenvalue weighted by atomic mass is 10.1. The van der Waals surface area contributed by atoms with E-state index in [4.69, 9.17) is 11.5 Å². The molecule has 0 radical (unpaired) electrons. The zero-order valence-corrected chi connectivity index (χ0v) is 12.6. The maximum absolute atomic E-state index is 11.2. The number of nitrogens with two attached hydrogens (primary N) is 2. The van der Waals surface area contributed by atoms with Crippen molar-refractivity contribution in [3.8, 4) is 0 Å². The Bertz CT molecular complexity index is 643. The quantitative estimate of drug-likeness (QED) is 0.751. The first kappa shape index (κ1) is 14.4. The first-order valence-corrected chi connectivity index (χ1v) is 6.98. The van der Waals surface area contributed by atoms with Crippen LogP contribution in [0, 0.1) is 0 Å². The number of hydrogen-bond acceptors (Lipinski definition) is 3. The monoisotopic (exact) mass is 333 g/mol. The average Bonchev–Trinajstić information content (AvgIpc) is 2.38. The van der Waals surface area contributed by atoms with Crippen LogP contribution in [-0.4, -0.2) is 5.91 Å². The van der Waals surface area contributed by atoms with Crippen LogP contribution in [0.2, 0.25) is 0 Å². The Hall–Kier alpha value is -2.01. The number of hydrogen-bond donors (Lipinski definition) is 3. The summed E-state index contributed by atoms with van der Waals surface area (Å²) in [5.41, 5.74) is 14.3. The zero-order valence-electron chi connectivity index (χ0n) is 11.1. The van der Waals surface area contributed by atoms with Crippen molar-refractivity contribution in [3.05, 3.63) is 58.1 Å². The number of anilines is 2. The Labute approximate surface area is 126 Å². The summed E-state index contributed by atoms with van der Waals surface area (Å²) in [6.07, 6.45) is 0. The van der Waals surface area contributed by atoms with E-state index in [1.54, 1.807) is 6.07 Å². The number of benzene rings is 2. The van der Waals surface area contributed by atoms with Crippen LogP contribution in [0.3, 0.4) is 0 Å². The third-order valence-electron chi connectivity index (χ3n) is 3.03. The van der Waals surface area contributed by atoms with Gasteiger partial charge >= 0.3 is 0 Å². The van der Waals surface area contributed by atoms with E-state index in [-0.39, 0.29) is 6.04 Å². The molecule has 0 saturated carbocycles. The maximum Gasteiger partial charge on any atom is 0.249 e. The fourth-order valence-corrected chi connectivity index (χ4v) is 2.54. The molecule has 1 unspecified atom stereocenters. The molecule has 0 heterocycles. The molecule has 0 bridgehead atoms. The summed E-state index contributed by atoms with van der Waals surface area (Å²) in [4.78, 5) is 11.2. The minimum absolute atomic E-state index is 0.102. The van der Waals surface area contributed by atoms with Gasteiger partial charge in [-0.2, -0.15) is 0 Å². The smallest absolute Gasteiger partial charge is 0.249 e. The molecule has 0 fully saturated rings. The number of rotatable bonds is 4. The highest BCUT2D eigenvalue weighted by atomic mass is 79.9. The van der Waals surface area contributed by atoms with Gasteiger partial charge in [0.25, 0.3) is 0 Å². The summed E-state index contributed by atoms with van der Waals surface area (Å²) in [5, 5.41) is 3.35. The van der Waals surface area contributed by atoms with Crippen LogP contribution in [0.1, 0.15) is 28.9 Å². The van der Waals surface area contributed by atoms with E-state index in [0.717, 1.165) is 16.9 Å². The Morgan fingerprint density at radius 3 is 2.60 bits per heavy atom. The lowest BCUT2D eigenvalue weighted by Crippen LogP contribution is -2.12. The van der Waals surface area contributed by atoms with Gasteiger partial charge in [-0.25, -0.2) is 0 Å². The van der Waals surface area contributed by atoms with E-state index in [9.17, 15) is 4.79 Å². The first-order valence-electron chi connectivity index (χ1n) is 6.18. The van der Waals surface area contributed by atoms with Gasteiger partial charge in [0, 0.05) is 21.9 Å². The molecule has 1 amide bonds. The summed E-state index contributed by atoms with van der Waals surface area (Å²) < 4.78 is 0.676. The summed E-state index contributed by atoms with van der Waals surface area (Å²) in [7, 11) is 0. The molecule has 1 atom stereocenters. The number of nitrogens with one attached hydrogen (secondary N) is 1. The highest BCUT2D eigenvalue weighted by Crippen LogP contribution is 2.25. The Kier molecular flexibility index (Phi) is 4.29. The van der Waals surface area contributed by atoms with E-state index in [0.29, 0.717) is 10.0 Å². The number of primary amides is 1. The van der Waals surface area contributed by atoms with Crippen molar-refractivity contribution in [2.24, 2.45) is 5.73 Å². The van der Waals surface area contributed by atoms with Crippen LogP contribution in [0.15, 0.2) is 46.9 Å². The molecule has 5 heteroatoms. The van der Waals surface area contributed by atoms with Crippen molar-refractivity contribution < 1.29 is 4.79 Å². The second kappa shape index (κ2) is 5.96. The molecule has 2 aromatic rings. The molecule has 2 aromatic carbocycles. The molecular formula is C15H16BrN3O. The molecule has 0 aliphatic heterocycles. The molecule has 0 aliphatic rings. The molecule has 0 saturated heterocycles. The summed E-state index contributed by atoms with van der Waals surface area (Å²) in [5.74, 6) is -0.452. The van der Waals surface area contributed by atoms with Crippen molar-refractivity contribution in [2.75, 3.05) is 11.1 Å². The summed E-state index contributed by atoms with van der Waals surface area (Å²) in [6, 6.07) is 13.2. The summed E-state index contributed by atoms with van der Waals surface area (Å²) in [6.45, 7) is 2.05. The van der Waals surface area contributed by atoms with Gasteiger partial charge < -0.3 is 16.8 Å². The minimum Gasteiger partial charge on any atom is -0.399 e. The molecule has 2 rings (SSSR count). The van der Waals surface area contributed by atoms with Gasteiger partial charge in [0.15, 0.2) is 0 Å². The van der Waals surface area contributed by atoms with E-state index in [1.807, 2.05) is 43.3 Å². The minimum atomic E-state index is -0.452. The Morgan fingerprint density at radius 2 is 2.00 bits per heavy atom. The van der Waals surface area contributed by atoms with Crippen molar-refractivity contribution in [1.29, 1.82) is 0 Å². The second-order valence-corrected chi connectivity index (χ2v) is 5.45. The van der Waals surface area contributed by atoms with Crippen molar-refractivity contribution in [2.45, 2.75) is 13.0 Å². The molecule has 5 N–H and O–H groups in total. The Balaban J connectivity index is 2.18. The first-order chi connectivity index (χ1) is 9.47. The van der Waals surface area contributed by atoms with E-state index in [1.165, 1.54) is 0 Å². The van der Waals surface area contributed by atoms with Crippen LogP contribution in [0.5, 0.6) is 0 Å². The van der Waals surface area contributed by atoms with Crippen LogP contribution < -0.4 is 16.8 Å². The van der Waals surface area contributed by atoms with Gasteiger partial charge in [-0.1, -0.05) is 12.1 Å². The number of carbonyl (C=O) groups is 1.